The molecule has 0 bridgehead atoms. The van der Waals surface area contributed by atoms with Crippen molar-refractivity contribution in [2.24, 2.45) is 0 Å². The van der Waals surface area contributed by atoms with E-state index in [0.717, 1.165) is 57.4 Å². The highest BCUT2D eigenvalue weighted by molar-refractivity contribution is 6.01. The fourth-order valence-corrected chi connectivity index (χ4v) is 4.37. The molecular formula is C31H33NO3. The van der Waals surface area contributed by atoms with Crippen molar-refractivity contribution in [1.82, 2.24) is 5.32 Å². The van der Waals surface area contributed by atoms with Crippen LogP contribution in [-0.4, -0.2) is 19.1 Å². The summed E-state index contributed by atoms with van der Waals surface area (Å²) in [5, 5.41) is 4.03. The zero-order valence-electron chi connectivity index (χ0n) is 21.0. The Labute approximate surface area is 207 Å². The van der Waals surface area contributed by atoms with Crippen LogP contribution in [0.25, 0.3) is 27.7 Å². The van der Waals surface area contributed by atoms with E-state index in [2.05, 4.69) is 54.7 Å². The second kappa shape index (κ2) is 11.1. The number of furan rings is 1. The Balaban J connectivity index is 1.58. The number of aryl methyl sites for hydroxylation is 3. The molecule has 1 heterocycles. The lowest BCUT2D eigenvalue weighted by Gasteiger charge is -2.15. The summed E-state index contributed by atoms with van der Waals surface area (Å²) in [7, 11) is 0. The van der Waals surface area contributed by atoms with Crippen LogP contribution in [0.4, 0.5) is 0 Å². The molecule has 4 heteroatoms. The Morgan fingerprint density at radius 2 is 1.80 bits per heavy atom. The van der Waals surface area contributed by atoms with Gasteiger partial charge in [0.2, 0.25) is 5.91 Å². The molecule has 0 fully saturated rings. The molecule has 0 saturated carbocycles. The van der Waals surface area contributed by atoms with Gasteiger partial charge < -0.3 is 14.5 Å². The zero-order chi connectivity index (χ0) is 24.8. The van der Waals surface area contributed by atoms with Gasteiger partial charge in [0.15, 0.2) is 0 Å². The molecule has 0 unspecified atom stereocenters. The molecule has 180 valence electrons. The summed E-state index contributed by atoms with van der Waals surface area (Å²) in [5.74, 6) is 0.664. The number of benzene rings is 3. The highest BCUT2D eigenvalue weighted by Crippen LogP contribution is 2.40. The first-order chi connectivity index (χ1) is 17.0. The van der Waals surface area contributed by atoms with Crippen LogP contribution < -0.4 is 10.1 Å². The number of ether oxygens (including phenoxy) is 1. The van der Waals surface area contributed by atoms with Gasteiger partial charge in [-0.25, -0.2) is 0 Å². The van der Waals surface area contributed by atoms with Gasteiger partial charge in [0.1, 0.15) is 11.3 Å². The van der Waals surface area contributed by atoms with Crippen molar-refractivity contribution in [1.29, 1.82) is 0 Å². The Hall–Kier alpha value is -3.79. The summed E-state index contributed by atoms with van der Waals surface area (Å²) in [4.78, 5) is 12.7. The minimum absolute atomic E-state index is 0.0956. The number of nitrogens with one attached hydrogen (secondary N) is 1. The molecular weight excluding hydrogens is 434 g/mol. The number of carbonyl (C=O) groups is 1. The first-order valence-electron chi connectivity index (χ1n) is 12.2. The van der Waals surface area contributed by atoms with Crippen LogP contribution in [0.1, 0.15) is 42.5 Å². The molecule has 35 heavy (non-hydrogen) atoms. The summed E-state index contributed by atoms with van der Waals surface area (Å²) in [5.41, 5.74) is 8.14. The number of hydrogen-bond acceptors (Lipinski definition) is 3. The van der Waals surface area contributed by atoms with E-state index in [1.165, 1.54) is 11.1 Å². The maximum absolute atomic E-state index is 12.7. The van der Waals surface area contributed by atoms with E-state index < -0.39 is 0 Å². The highest BCUT2D eigenvalue weighted by Gasteiger charge is 2.19. The molecule has 1 aromatic heterocycles. The number of amides is 1. The van der Waals surface area contributed by atoms with E-state index in [9.17, 15) is 4.79 Å². The third-order valence-electron chi connectivity index (χ3n) is 6.25. The van der Waals surface area contributed by atoms with Crippen molar-refractivity contribution >= 4 is 22.4 Å². The van der Waals surface area contributed by atoms with E-state index >= 15 is 0 Å². The van der Waals surface area contributed by atoms with E-state index in [1.54, 1.807) is 12.3 Å². The molecule has 4 aromatic rings. The van der Waals surface area contributed by atoms with Crippen LogP contribution >= 0.6 is 0 Å². The van der Waals surface area contributed by atoms with Crippen LogP contribution in [-0.2, 0) is 11.2 Å². The number of hydrogen-bond donors (Lipinski definition) is 1. The van der Waals surface area contributed by atoms with Crippen LogP contribution in [0, 0.1) is 13.8 Å². The van der Waals surface area contributed by atoms with E-state index in [0.29, 0.717) is 13.2 Å². The Bertz CT molecular complexity index is 1330. The molecule has 0 aliphatic heterocycles. The monoisotopic (exact) mass is 467 g/mol. The van der Waals surface area contributed by atoms with E-state index in [1.807, 2.05) is 39.0 Å². The lowest BCUT2D eigenvalue weighted by atomic mass is 9.96. The third kappa shape index (κ3) is 5.65. The van der Waals surface area contributed by atoms with Gasteiger partial charge in [-0.3, -0.25) is 4.79 Å². The number of carbonyl (C=O) groups excluding carboxylic acids is 1. The van der Waals surface area contributed by atoms with Crippen molar-refractivity contribution in [3.05, 3.63) is 95.3 Å². The Morgan fingerprint density at radius 3 is 2.51 bits per heavy atom. The topological polar surface area (TPSA) is 51.5 Å². The van der Waals surface area contributed by atoms with E-state index in [-0.39, 0.29) is 5.91 Å². The average Bonchev–Trinajstić information content (AvgIpc) is 3.29. The fourth-order valence-electron chi connectivity index (χ4n) is 4.37. The first kappa shape index (κ1) is 24.3. The molecule has 4 nitrogen and oxygen atoms in total. The number of fused-ring (bicyclic) bond motifs is 1. The normalized spacial score (nSPS) is 11.6. The molecule has 0 spiro atoms. The lowest BCUT2D eigenvalue weighted by molar-refractivity contribution is -0.116. The second-order valence-corrected chi connectivity index (χ2v) is 8.91. The molecule has 3 aromatic carbocycles. The maximum Gasteiger partial charge on any atom is 0.244 e. The van der Waals surface area contributed by atoms with Crippen LogP contribution in [0.2, 0.25) is 0 Å². The zero-order valence-corrected chi connectivity index (χ0v) is 21.0. The largest absolute Gasteiger partial charge is 0.493 e. The van der Waals surface area contributed by atoms with Gasteiger partial charge in [-0.2, -0.15) is 0 Å². The maximum atomic E-state index is 12.7. The van der Waals surface area contributed by atoms with Crippen LogP contribution in [0.15, 0.2) is 77.4 Å². The summed E-state index contributed by atoms with van der Waals surface area (Å²) >= 11 is 0. The fraction of sp³-hybridized carbons (Fsp3) is 0.258. The summed E-state index contributed by atoms with van der Waals surface area (Å²) in [6.45, 7) is 9.17. The first-order valence-corrected chi connectivity index (χ1v) is 12.2. The molecule has 0 atom stereocenters. The molecule has 4 rings (SSSR count). The van der Waals surface area contributed by atoms with E-state index in [4.69, 9.17) is 9.15 Å². The number of rotatable bonds is 9. The average molecular weight is 468 g/mol. The van der Waals surface area contributed by atoms with Crippen LogP contribution in [0.3, 0.4) is 0 Å². The molecule has 0 saturated heterocycles. The summed E-state index contributed by atoms with van der Waals surface area (Å²) in [6, 6.07) is 20.8. The lowest BCUT2D eigenvalue weighted by Crippen LogP contribution is -2.22. The number of allylic oxidation sites excluding steroid dienone is 1. The van der Waals surface area contributed by atoms with Crippen molar-refractivity contribution in [2.75, 3.05) is 13.2 Å². The highest BCUT2D eigenvalue weighted by atomic mass is 16.5. The van der Waals surface area contributed by atoms with Gasteiger partial charge in [-0.1, -0.05) is 60.2 Å². The standard InChI is InChI=1S/C31H33NO3/c1-5-34-30-23(4)31-27(28(20-35-31)25-15-13-21(2)14-16-25)19-26(30)22(3)18-29(33)32-17-9-12-24-10-7-6-8-11-24/h6-8,10-11,13-16,18-20H,5,9,12,17H2,1-4H3,(H,32,33)/b22-18+. The summed E-state index contributed by atoms with van der Waals surface area (Å²) in [6.07, 6.45) is 5.31. The van der Waals surface area contributed by atoms with Gasteiger partial charge >= 0.3 is 0 Å². The molecule has 0 radical (unpaired) electrons. The van der Waals surface area contributed by atoms with Crippen LogP contribution in [0.5, 0.6) is 5.75 Å². The van der Waals surface area contributed by atoms with Gasteiger partial charge in [0, 0.05) is 34.7 Å². The molecule has 0 aliphatic rings. The quantitative estimate of drug-likeness (QED) is 0.208. The van der Waals surface area contributed by atoms with Gasteiger partial charge in [0.25, 0.3) is 0 Å². The van der Waals surface area contributed by atoms with Crippen molar-refractivity contribution in [2.45, 2.75) is 40.5 Å². The SMILES string of the molecule is CCOc1c(/C(C)=C/C(=O)NCCCc2ccccc2)cc2c(-c3ccc(C)cc3)coc2c1C. The predicted octanol–water partition coefficient (Wildman–Crippen LogP) is 7.27. The van der Waals surface area contributed by atoms with Gasteiger partial charge in [-0.15, -0.1) is 0 Å². The predicted molar refractivity (Wildman–Crippen MR) is 144 cm³/mol. The van der Waals surface area contributed by atoms with Crippen molar-refractivity contribution in [3.8, 4) is 16.9 Å². The molecule has 1 N–H and O–H groups in total. The Kier molecular flexibility index (Phi) is 7.71. The van der Waals surface area contributed by atoms with Gasteiger partial charge in [-0.05, 0) is 63.3 Å². The van der Waals surface area contributed by atoms with Crippen molar-refractivity contribution in [3.63, 3.8) is 0 Å². The Morgan fingerprint density at radius 1 is 1.06 bits per heavy atom. The molecule has 1 amide bonds. The smallest absolute Gasteiger partial charge is 0.244 e. The molecule has 0 aliphatic carbocycles. The minimum Gasteiger partial charge on any atom is -0.493 e. The summed E-state index contributed by atoms with van der Waals surface area (Å²) < 4.78 is 12.0. The third-order valence-corrected chi connectivity index (χ3v) is 6.25. The minimum atomic E-state index is -0.0956. The van der Waals surface area contributed by atoms with Crippen molar-refractivity contribution < 1.29 is 13.9 Å². The second-order valence-electron chi connectivity index (χ2n) is 8.91. The van der Waals surface area contributed by atoms with Gasteiger partial charge in [0.05, 0.1) is 12.9 Å².